The second-order valence-corrected chi connectivity index (χ2v) is 4.69. The van der Waals surface area contributed by atoms with Crippen molar-refractivity contribution in [2.75, 3.05) is 0 Å². The minimum Gasteiger partial charge on any atom is -0.545 e. The standard InChI is InChI=1S/C14H12ClNO3/c1-8-6-9(2)16(13(17)12(8)14(18)19)11-5-3-4-10(15)7-11/h3-7H,1-2H3,(H,18,19)/p-1. The molecule has 0 saturated carbocycles. The summed E-state index contributed by atoms with van der Waals surface area (Å²) in [5.41, 5.74) is 0.610. The van der Waals surface area contributed by atoms with Gasteiger partial charge in [0, 0.05) is 10.7 Å². The molecule has 2 aromatic rings. The molecule has 0 aliphatic carbocycles. The number of hydrogen-bond acceptors (Lipinski definition) is 3. The lowest BCUT2D eigenvalue weighted by atomic mass is 10.1. The Morgan fingerprint density at radius 1 is 1.26 bits per heavy atom. The molecular formula is C14H11ClNO3-. The highest BCUT2D eigenvalue weighted by Crippen LogP contribution is 2.16. The first-order chi connectivity index (χ1) is 8.91. The maximum atomic E-state index is 12.3. The summed E-state index contributed by atoms with van der Waals surface area (Å²) in [6, 6.07) is 8.30. The van der Waals surface area contributed by atoms with Crippen molar-refractivity contribution in [1.82, 2.24) is 4.57 Å². The van der Waals surface area contributed by atoms with Gasteiger partial charge in [0.05, 0.1) is 17.2 Å². The van der Waals surface area contributed by atoms with Crippen LogP contribution < -0.4 is 10.7 Å². The molecule has 4 nitrogen and oxygen atoms in total. The van der Waals surface area contributed by atoms with Gasteiger partial charge in [-0.15, -0.1) is 0 Å². The van der Waals surface area contributed by atoms with E-state index >= 15 is 0 Å². The minimum atomic E-state index is -1.47. The van der Waals surface area contributed by atoms with E-state index in [1.807, 2.05) is 0 Å². The van der Waals surface area contributed by atoms with Gasteiger partial charge in [0.15, 0.2) is 0 Å². The molecule has 0 bridgehead atoms. The second-order valence-electron chi connectivity index (χ2n) is 4.25. The Morgan fingerprint density at radius 2 is 1.95 bits per heavy atom. The quantitative estimate of drug-likeness (QED) is 0.834. The van der Waals surface area contributed by atoms with Gasteiger partial charge in [0.2, 0.25) is 0 Å². The number of nitrogens with zero attached hydrogens (tertiary/aromatic N) is 1. The predicted molar refractivity (Wildman–Crippen MR) is 70.9 cm³/mol. The number of rotatable bonds is 2. The van der Waals surface area contributed by atoms with Crippen LogP contribution in [0.2, 0.25) is 5.02 Å². The molecule has 0 aliphatic rings. The highest BCUT2D eigenvalue weighted by Gasteiger charge is 2.12. The number of aromatic nitrogens is 1. The van der Waals surface area contributed by atoms with Crippen LogP contribution in [0.25, 0.3) is 5.69 Å². The molecule has 1 heterocycles. The zero-order valence-corrected chi connectivity index (χ0v) is 11.2. The molecule has 1 aromatic carbocycles. The van der Waals surface area contributed by atoms with Gasteiger partial charge in [-0.3, -0.25) is 9.36 Å². The lowest BCUT2D eigenvalue weighted by Crippen LogP contribution is -2.35. The van der Waals surface area contributed by atoms with Crippen LogP contribution in [0, 0.1) is 13.8 Å². The topological polar surface area (TPSA) is 62.1 Å². The van der Waals surface area contributed by atoms with Crippen molar-refractivity contribution in [3.05, 3.63) is 62.5 Å². The highest BCUT2D eigenvalue weighted by molar-refractivity contribution is 6.30. The summed E-state index contributed by atoms with van der Waals surface area (Å²) < 4.78 is 1.31. The predicted octanol–water partition coefficient (Wildman–Crippen LogP) is 1.47. The largest absolute Gasteiger partial charge is 0.545 e. The number of carboxylic acids is 1. The van der Waals surface area contributed by atoms with E-state index in [0.717, 1.165) is 0 Å². The molecule has 1 aromatic heterocycles. The zero-order chi connectivity index (χ0) is 14.2. The van der Waals surface area contributed by atoms with Gasteiger partial charge in [0.25, 0.3) is 5.56 Å². The normalized spacial score (nSPS) is 10.5. The summed E-state index contributed by atoms with van der Waals surface area (Å²) in [4.78, 5) is 23.3. The van der Waals surface area contributed by atoms with E-state index in [0.29, 0.717) is 22.0 Å². The highest BCUT2D eigenvalue weighted by atomic mass is 35.5. The average Bonchev–Trinajstić information content (AvgIpc) is 2.27. The van der Waals surface area contributed by atoms with Crippen LogP contribution in [0.4, 0.5) is 0 Å². The van der Waals surface area contributed by atoms with Crippen LogP contribution in [0.3, 0.4) is 0 Å². The molecule has 0 aliphatic heterocycles. The Balaban J connectivity index is 2.81. The lowest BCUT2D eigenvalue weighted by molar-refractivity contribution is -0.255. The molecule has 0 atom stereocenters. The number of hydrogen-bond donors (Lipinski definition) is 0. The molecule has 0 saturated heterocycles. The van der Waals surface area contributed by atoms with Crippen molar-refractivity contribution in [2.45, 2.75) is 13.8 Å². The van der Waals surface area contributed by atoms with E-state index < -0.39 is 11.5 Å². The van der Waals surface area contributed by atoms with E-state index in [1.54, 1.807) is 44.2 Å². The zero-order valence-electron chi connectivity index (χ0n) is 10.4. The van der Waals surface area contributed by atoms with Crippen LogP contribution in [-0.2, 0) is 0 Å². The molecule has 0 radical (unpaired) electrons. The van der Waals surface area contributed by atoms with E-state index in [4.69, 9.17) is 11.6 Å². The maximum Gasteiger partial charge on any atom is 0.264 e. The van der Waals surface area contributed by atoms with Gasteiger partial charge in [-0.2, -0.15) is 0 Å². The number of halogens is 1. The molecule has 0 N–H and O–H groups in total. The lowest BCUT2D eigenvalue weighted by Gasteiger charge is -2.15. The number of carboxylic acid groups (broad SMARTS) is 1. The number of benzene rings is 1. The summed E-state index contributed by atoms with van der Waals surface area (Å²) in [5, 5.41) is 11.5. The second kappa shape index (κ2) is 4.90. The van der Waals surface area contributed by atoms with E-state index in [2.05, 4.69) is 0 Å². The molecule has 0 unspecified atom stereocenters. The van der Waals surface area contributed by atoms with Gasteiger partial charge in [-0.1, -0.05) is 17.7 Å². The SMILES string of the molecule is Cc1cc(C)n(-c2cccc(Cl)c2)c(=O)c1C(=O)[O-]. The third-order valence-electron chi connectivity index (χ3n) is 2.86. The summed E-state index contributed by atoms with van der Waals surface area (Å²) in [6.07, 6.45) is 0. The van der Waals surface area contributed by atoms with Crippen LogP contribution >= 0.6 is 11.6 Å². The van der Waals surface area contributed by atoms with Gasteiger partial charge in [0.1, 0.15) is 0 Å². The summed E-state index contributed by atoms with van der Waals surface area (Å²) >= 11 is 5.89. The first-order valence-electron chi connectivity index (χ1n) is 5.62. The number of carbonyl (C=O) groups excluding carboxylic acids is 1. The third kappa shape index (κ3) is 2.39. The third-order valence-corrected chi connectivity index (χ3v) is 3.10. The minimum absolute atomic E-state index is 0.328. The summed E-state index contributed by atoms with van der Waals surface area (Å²) in [6.45, 7) is 3.30. The van der Waals surface area contributed by atoms with Crippen molar-refractivity contribution in [3.8, 4) is 5.69 Å². The van der Waals surface area contributed by atoms with Crippen molar-refractivity contribution in [2.24, 2.45) is 0 Å². The molecule has 19 heavy (non-hydrogen) atoms. The fourth-order valence-electron chi connectivity index (χ4n) is 2.08. The summed E-state index contributed by atoms with van der Waals surface area (Å²) in [7, 11) is 0. The first-order valence-corrected chi connectivity index (χ1v) is 6.00. The fourth-order valence-corrected chi connectivity index (χ4v) is 2.26. The van der Waals surface area contributed by atoms with Crippen molar-refractivity contribution in [1.29, 1.82) is 0 Å². The van der Waals surface area contributed by atoms with Gasteiger partial charge in [-0.25, -0.2) is 0 Å². The Morgan fingerprint density at radius 3 is 2.53 bits per heavy atom. The molecule has 0 spiro atoms. The van der Waals surface area contributed by atoms with Crippen LogP contribution in [0.15, 0.2) is 35.1 Å². The van der Waals surface area contributed by atoms with Gasteiger partial charge in [-0.05, 0) is 43.7 Å². The fraction of sp³-hybridized carbons (Fsp3) is 0.143. The molecule has 98 valence electrons. The Hall–Kier alpha value is -2.07. The van der Waals surface area contributed by atoms with Crippen molar-refractivity contribution in [3.63, 3.8) is 0 Å². The van der Waals surface area contributed by atoms with Gasteiger partial charge >= 0.3 is 0 Å². The number of carbonyl (C=O) groups is 1. The van der Waals surface area contributed by atoms with Gasteiger partial charge < -0.3 is 9.90 Å². The maximum absolute atomic E-state index is 12.3. The summed E-state index contributed by atoms with van der Waals surface area (Å²) in [5.74, 6) is -1.47. The first kappa shape index (κ1) is 13.4. The number of aryl methyl sites for hydroxylation is 2. The van der Waals surface area contributed by atoms with Crippen molar-refractivity contribution < 1.29 is 9.90 Å². The monoisotopic (exact) mass is 276 g/mol. The molecule has 5 heteroatoms. The number of pyridine rings is 1. The Kier molecular flexibility index (Phi) is 3.44. The van der Waals surface area contributed by atoms with Crippen molar-refractivity contribution >= 4 is 17.6 Å². The molecule has 0 amide bonds. The Bertz CT molecular complexity index is 719. The van der Waals surface area contributed by atoms with Crippen LogP contribution in [0.5, 0.6) is 0 Å². The van der Waals surface area contributed by atoms with E-state index in [-0.39, 0.29) is 5.56 Å². The molecule has 2 rings (SSSR count). The van der Waals surface area contributed by atoms with Crippen LogP contribution in [-0.4, -0.2) is 10.5 Å². The number of aromatic carboxylic acids is 1. The van der Waals surface area contributed by atoms with Crippen LogP contribution in [0.1, 0.15) is 21.6 Å². The molecular weight excluding hydrogens is 266 g/mol. The Labute approximate surface area is 114 Å². The van der Waals surface area contributed by atoms with E-state index in [1.165, 1.54) is 4.57 Å². The van der Waals surface area contributed by atoms with E-state index in [9.17, 15) is 14.7 Å². The average molecular weight is 277 g/mol. The smallest absolute Gasteiger partial charge is 0.264 e. The molecule has 0 fully saturated rings.